The van der Waals surface area contributed by atoms with Crippen LogP contribution >= 0.6 is 0 Å². The van der Waals surface area contributed by atoms with Gasteiger partial charge in [0.05, 0.1) is 19.3 Å². The minimum absolute atomic E-state index is 0.622. The molecule has 0 bridgehead atoms. The zero-order valence-corrected chi connectivity index (χ0v) is 10.4. The Morgan fingerprint density at radius 2 is 1.88 bits per heavy atom. The second-order valence-electron chi connectivity index (χ2n) is 5.10. The van der Waals surface area contributed by atoms with Crippen molar-refractivity contribution in [3.8, 4) is 6.07 Å². The molecule has 2 heterocycles. The molecule has 2 aliphatic heterocycles. The predicted octanol–water partition coefficient (Wildman–Crippen LogP) is -0.365. The van der Waals surface area contributed by atoms with Gasteiger partial charge in [-0.25, -0.2) is 0 Å². The molecule has 2 aliphatic rings. The fourth-order valence-corrected chi connectivity index (χ4v) is 2.56. The van der Waals surface area contributed by atoms with Gasteiger partial charge in [-0.1, -0.05) is 0 Å². The molecule has 0 saturated carbocycles. The van der Waals surface area contributed by atoms with E-state index in [4.69, 9.17) is 15.7 Å². The van der Waals surface area contributed by atoms with Crippen molar-refractivity contribution in [2.24, 2.45) is 5.73 Å². The van der Waals surface area contributed by atoms with Crippen LogP contribution in [0.5, 0.6) is 0 Å². The number of morpholine rings is 1. The van der Waals surface area contributed by atoms with E-state index in [2.05, 4.69) is 15.9 Å². The molecule has 0 aliphatic carbocycles. The Labute approximate surface area is 103 Å². The van der Waals surface area contributed by atoms with Crippen LogP contribution < -0.4 is 5.73 Å². The summed E-state index contributed by atoms with van der Waals surface area (Å²) in [5.74, 6) is 0. The molecule has 1 unspecified atom stereocenters. The van der Waals surface area contributed by atoms with E-state index in [1.165, 1.54) is 0 Å². The molecule has 0 aromatic carbocycles. The van der Waals surface area contributed by atoms with Crippen LogP contribution in [0.2, 0.25) is 0 Å². The van der Waals surface area contributed by atoms with E-state index in [9.17, 15) is 0 Å². The van der Waals surface area contributed by atoms with Crippen LogP contribution in [0.15, 0.2) is 0 Å². The quantitative estimate of drug-likeness (QED) is 0.727. The Kier molecular flexibility index (Phi) is 4.35. The van der Waals surface area contributed by atoms with Crippen molar-refractivity contribution in [2.75, 3.05) is 52.5 Å². The number of hydrogen-bond acceptors (Lipinski definition) is 5. The average Bonchev–Trinajstić information content (AvgIpc) is 2.38. The van der Waals surface area contributed by atoms with Gasteiger partial charge in [-0.15, -0.1) is 0 Å². The van der Waals surface area contributed by atoms with E-state index in [0.717, 1.165) is 58.8 Å². The van der Waals surface area contributed by atoms with Crippen LogP contribution in [0.4, 0.5) is 0 Å². The number of ether oxygens (including phenoxy) is 1. The molecule has 5 nitrogen and oxygen atoms in total. The molecule has 0 aromatic rings. The lowest BCUT2D eigenvalue weighted by atomic mass is 9.92. The first-order valence-corrected chi connectivity index (χ1v) is 6.44. The number of rotatable bonds is 3. The molecular weight excluding hydrogens is 216 g/mol. The van der Waals surface area contributed by atoms with Gasteiger partial charge in [-0.2, -0.15) is 5.26 Å². The van der Waals surface area contributed by atoms with Crippen LogP contribution in [0.1, 0.15) is 12.8 Å². The summed E-state index contributed by atoms with van der Waals surface area (Å²) in [6.45, 7) is 7.61. The molecule has 1 atom stereocenters. The molecule has 17 heavy (non-hydrogen) atoms. The predicted molar refractivity (Wildman–Crippen MR) is 65.5 cm³/mol. The number of nitrogens with two attached hydrogens (primary N) is 1. The van der Waals surface area contributed by atoms with E-state index < -0.39 is 5.54 Å². The van der Waals surface area contributed by atoms with Gasteiger partial charge < -0.3 is 10.5 Å². The molecule has 2 fully saturated rings. The number of hydrogen-bond donors (Lipinski definition) is 1. The Bertz CT molecular complexity index is 285. The average molecular weight is 238 g/mol. The maximum Gasteiger partial charge on any atom is 0.117 e. The molecule has 0 aromatic heterocycles. The van der Waals surface area contributed by atoms with Crippen molar-refractivity contribution in [3.05, 3.63) is 0 Å². The van der Waals surface area contributed by atoms with Crippen LogP contribution in [-0.4, -0.2) is 67.8 Å². The SMILES string of the molecule is N#CC1(N)CCCN(CCN2CCOCC2)C1. The van der Waals surface area contributed by atoms with E-state index in [1.807, 2.05) is 0 Å². The van der Waals surface area contributed by atoms with E-state index in [1.54, 1.807) is 0 Å². The van der Waals surface area contributed by atoms with Crippen molar-refractivity contribution in [1.82, 2.24) is 9.80 Å². The summed E-state index contributed by atoms with van der Waals surface area (Å²) in [5, 5.41) is 9.06. The van der Waals surface area contributed by atoms with Crippen molar-refractivity contribution < 1.29 is 4.74 Å². The highest BCUT2D eigenvalue weighted by molar-refractivity contribution is 5.08. The fourth-order valence-electron chi connectivity index (χ4n) is 2.56. The third-order valence-electron chi connectivity index (χ3n) is 3.66. The second-order valence-corrected chi connectivity index (χ2v) is 5.10. The van der Waals surface area contributed by atoms with Gasteiger partial charge in [0.25, 0.3) is 0 Å². The van der Waals surface area contributed by atoms with Gasteiger partial charge in [-0.3, -0.25) is 9.80 Å². The lowest BCUT2D eigenvalue weighted by Gasteiger charge is -2.37. The zero-order valence-electron chi connectivity index (χ0n) is 10.4. The first-order chi connectivity index (χ1) is 8.22. The van der Waals surface area contributed by atoms with E-state index >= 15 is 0 Å². The Hall–Kier alpha value is -0.670. The number of nitrogens with zero attached hydrogens (tertiary/aromatic N) is 3. The number of nitriles is 1. The van der Waals surface area contributed by atoms with Gasteiger partial charge in [0.15, 0.2) is 0 Å². The van der Waals surface area contributed by atoms with Crippen LogP contribution in [-0.2, 0) is 4.74 Å². The molecule has 5 heteroatoms. The van der Waals surface area contributed by atoms with Gasteiger partial charge in [0.1, 0.15) is 5.54 Å². The summed E-state index contributed by atoms with van der Waals surface area (Å²) in [5.41, 5.74) is 5.40. The highest BCUT2D eigenvalue weighted by atomic mass is 16.5. The molecule has 0 amide bonds. The summed E-state index contributed by atoms with van der Waals surface area (Å²) >= 11 is 0. The normalized spacial score (nSPS) is 32.2. The van der Waals surface area contributed by atoms with Crippen molar-refractivity contribution >= 4 is 0 Å². The highest BCUT2D eigenvalue weighted by Crippen LogP contribution is 2.17. The van der Waals surface area contributed by atoms with Crippen LogP contribution in [0.25, 0.3) is 0 Å². The zero-order chi connectivity index (χ0) is 12.1. The Morgan fingerprint density at radius 1 is 1.18 bits per heavy atom. The fraction of sp³-hybridized carbons (Fsp3) is 0.917. The van der Waals surface area contributed by atoms with E-state index in [-0.39, 0.29) is 0 Å². The second kappa shape index (κ2) is 5.78. The van der Waals surface area contributed by atoms with Gasteiger partial charge in [0.2, 0.25) is 0 Å². The standard InChI is InChI=1S/C12H22N4O/c13-10-12(14)2-1-3-16(11-12)5-4-15-6-8-17-9-7-15/h1-9,11,14H2. The first-order valence-electron chi connectivity index (χ1n) is 6.44. The van der Waals surface area contributed by atoms with Crippen molar-refractivity contribution in [1.29, 1.82) is 5.26 Å². The molecular formula is C12H22N4O. The largest absolute Gasteiger partial charge is 0.379 e. The number of likely N-dealkylation sites (tertiary alicyclic amines) is 1. The topological polar surface area (TPSA) is 65.5 Å². The monoisotopic (exact) mass is 238 g/mol. The van der Waals surface area contributed by atoms with Crippen LogP contribution in [0, 0.1) is 11.3 Å². The molecule has 2 saturated heterocycles. The van der Waals surface area contributed by atoms with Crippen molar-refractivity contribution in [3.63, 3.8) is 0 Å². The smallest absolute Gasteiger partial charge is 0.117 e. The Morgan fingerprint density at radius 3 is 2.59 bits per heavy atom. The summed E-state index contributed by atoms with van der Waals surface area (Å²) in [6.07, 6.45) is 1.87. The lowest BCUT2D eigenvalue weighted by Crippen LogP contribution is -2.54. The highest BCUT2D eigenvalue weighted by Gasteiger charge is 2.31. The summed E-state index contributed by atoms with van der Waals surface area (Å²) in [6, 6.07) is 2.25. The minimum atomic E-state index is -0.622. The van der Waals surface area contributed by atoms with Crippen LogP contribution in [0.3, 0.4) is 0 Å². The third-order valence-corrected chi connectivity index (χ3v) is 3.66. The first kappa shape index (κ1) is 12.8. The number of piperidine rings is 1. The minimum Gasteiger partial charge on any atom is -0.379 e. The van der Waals surface area contributed by atoms with Gasteiger partial charge in [-0.05, 0) is 19.4 Å². The van der Waals surface area contributed by atoms with Gasteiger partial charge in [0, 0.05) is 32.7 Å². The maximum absolute atomic E-state index is 9.06. The third kappa shape index (κ3) is 3.65. The Balaban J connectivity index is 1.73. The maximum atomic E-state index is 9.06. The summed E-state index contributed by atoms with van der Waals surface area (Å²) < 4.78 is 5.32. The summed E-state index contributed by atoms with van der Waals surface area (Å²) in [4.78, 5) is 4.74. The van der Waals surface area contributed by atoms with E-state index in [0.29, 0.717) is 6.54 Å². The molecule has 2 rings (SSSR count). The molecule has 0 radical (unpaired) electrons. The summed E-state index contributed by atoms with van der Waals surface area (Å²) in [7, 11) is 0. The molecule has 2 N–H and O–H groups in total. The lowest BCUT2D eigenvalue weighted by molar-refractivity contribution is 0.0310. The molecule has 0 spiro atoms. The van der Waals surface area contributed by atoms with Gasteiger partial charge >= 0.3 is 0 Å². The molecule has 96 valence electrons. The van der Waals surface area contributed by atoms with Crippen molar-refractivity contribution in [2.45, 2.75) is 18.4 Å².